The van der Waals surface area contributed by atoms with Crippen molar-refractivity contribution in [3.63, 3.8) is 0 Å². The fraction of sp³-hybridized carbons (Fsp3) is 0.846. The molecule has 9 heteroatoms. The first kappa shape index (κ1) is 18.7. The van der Waals surface area contributed by atoms with Crippen LogP contribution in [0, 0.1) is 23.2 Å². The van der Waals surface area contributed by atoms with Gasteiger partial charge in [-0.1, -0.05) is 5.16 Å². The zero-order chi connectivity index (χ0) is 16.8. The number of thiol groups is 1. The smallest absolute Gasteiger partial charge is 0.390 e. The Hall–Kier alpha value is -1.30. The van der Waals surface area contributed by atoms with Crippen LogP contribution in [0.25, 0.3) is 0 Å². The van der Waals surface area contributed by atoms with Crippen LogP contribution in [0.5, 0.6) is 0 Å². The van der Waals surface area contributed by atoms with Crippen LogP contribution in [0.15, 0.2) is 5.16 Å². The Labute approximate surface area is 129 Å². The van der Waals surface area contributed by atoms with E-state index in [9.17, 15) is 21.6 Å². The Morgan fingerprint density at radius 3 is 2.41 bits per heavy atom. The van der Waals surface area contributed by atoms with Gasteiger partial charge >= 0.3 is 6.18 Å². The number of nitrogens with zero attached hydrogens (tertiary/aromatic N) is 2. The molecule has 22 heavy (non-hydrogen) atoms. The normalized spacial score (nSPS) is 22.0. The van der Waals surface area contributed by atoms with Crippen LogP contribution in [-0.2, 0) is 15.5 Å². The highest BCUT2D eigenvalue weighted by molar-refractivity contribution is 7.73. The van der Waals surface area contributed by atoms with E-state index in [-0.39, 0.29) is 5.92 Å². The second-order valence-corrected chi connectivity index (χ2v) is 6.47. The van der Waals surface area contributed by atoms with Gasteiger partial charge in [-0.25, -0.2) is 8.42 Å². The lowest BCUT2D eigenvalue weighted by Crippen LogP contribution is -2.34. The first-order valence-corrected chi connectivity index (χ1v) is 8.30. The minimum atomic E-state index is -4.61. The van der Waals surface area contributed by atoms with Crippen molar-refractivity contribution in [2.45, 2.75) is 50.5 Å². The highest BCUT2D eigenvalue weighted by Crippen LogP contribution is 2.35. The van der Waals surface area contributed by atoms with Crippen LogP contribution in [0.4, 0.5) is 13.2 Å². The second kappa shape index (κ2) is 8.36. The number of rotatable bonds is 6. The number of nitriles is 1. The van der Waals surface area contributed by atoms with Crippen LogP contribution < -0.4 is 0 Å². The maximum atomic E-state index is 12.5. The molecule has 2 unspecified atom stereocenters. The molecule has 0 heterocycles. The molecule has 0 amide bonds. The van der Waals surface area contributed by atoms with Gasteiger partial charge in [0.2, 0.25) is 0 Å². The van der Waals surface area contributed by atoms with Crippen LogP contribution >= 0.6 is 0 Å². The average molecular weight is 340 g/mol. The van der Waals surface area contributed by atoms with Gasteiger partial charge in [0.1, 0.15) is 17.3 Å². The highest BCUT2D eigenvalue weighted by Gasteiger charge is 2.41. The molecule has 1 aliphatic rings. The molecule has 0 aromatic heterocycles. The van der Waals surface area contributed by atoms with Crippen LogP contribution in [0.2, 0.25) is 0 Å². The van der Waals surface area contributed by atoms with Crippen LogP contribution in [0.3, 0.4) is 0 Å². The van der Waals surface area contributed by atoms with E-state index in [1.54, 1.807) is 13.0 Å². The Kier molecular flexibility index (Phi) is 7.13. The Morgan fingerprint density at radius 2 is 2.00 bits per heavy atom. The zero-order valence-corrected chi connectivity index (χ0v) is 13.1. The van der Waals surface area contributed by atoms with E-state index >= 15 is 0 Å². The molecule has 0 bridgehead atoms. The molecule has 1 aliphatic carbocycles. The van der Waals surface area contributed by atoms with Crippen molar-refractivity contribution in [3.05, 3.63) is 0 Å². The molecule has 0 aromatic rings. The van der Waals surface area contributed by atoms with E-state index in [4.69, 9.17) is 10.1 Å². The molecule has 0 N–H and O–H groups in total. The lowest BCUT2D eigenvalue weighted by molar-refractivity contribution is -0.136. The first-order valence-electron chi connectivity index (χ1n) is 7.06. The summed E-state index contributed by atoms with van der Waals surface area (Å²) >= 11 is 0. The van der Waals surface area contributed by atoms with Crippen molar-refractivity contribution in [3.8, 4) is 6.07 Å². The fourth-order valence-electron chi connectivity index (χ4n) is 2.65. The van der Waals surface area contributed by atoms with Crippen LogP contribution in [0.1, 0.15) is 39.0 Å². The van der Waals surface area contributed by atoms with Crippen LogP contribution in [-0.4, -0.2) is 32.2 Å². The number of hydrogen-bond acceptors (Lipinski definition) is 5. The molecule has 2 atom stereocenters. The molecule has 5 nitrogen and oxygen atoms in total. The van der Waals surface area contributed by atoms with Crippen molar-refractivity contribution < 1.29 is 26.4 Å². The molecule has 0 aromatic carbocycles. The van der Waals surface area contributed by atoms with Gasteiger partial charge in [0.05, 0.1) is 29.4 Å². The lowest BCUT2D eigenvalue weighted by Gasteiger charge is -2.29. The summed E-state index contributed by atoms with van der Waals surface area (Å²) in [5.74, 6) is -1.51. The second-order valence-electron chi connectivity index (χ2n) is 5.24. The minimum Gasteiger partial charge on any atom is -0.396 e. The maximum absolute atomic E-state index is 12.5. The molecular weight excluding hydrogens is 321 g/mol. The van der Waals surface area contributed by atoms with E-state index in [0.29, 0.717) is 32.3 Å². The van der Waals surface area contributed by atoms with E-state index in [1.165, 1.54) is 0 Å². The number of alkyl halides is 3. The number of hydrogen-bond donors (Lipinski definition) is 1. The van der Waals surface area contributed by atoms with Crippen molar-refractivity contribution in [2.24, 2.45) is 17.0 Å². The van der Waals surface area contributed by atoms with Crippen molar-refractivity contribution in [2.75, 3.05) is 6.61 Å². The molecule has 1 rings (SSSR count). The van der Waals surface area contributed by atoms with Gasteiger partial charge in [-0.05, 0) is 38.5 Å². The van der Waals surface area contributed by atoms with Gasteiger partial charge in [0.15, 0.2) is 0 Å². The number of oxime groups is 1. The SMILES string of the molecule is CCON=C1CCC(C(C#N)C(CC(F)(F)F)[SH](=O)=O)CC1. The van der Waals surface area contributed by atoms with Gasteiger partial charge in [-0.2, -0.15) is 18.4 Å². The molecule has 126 valence electrons. The third-order valence-corrected chi connectivity index (χ3v) is 4.76. The Morgan fingerprint density at radius 1 is 1.41 bits per heavy atom. The van der Waals surface area contributed by atoms with E-state index in [0.717, 1.165) is 5.71 Å². The van der Waals surface area contributed by atoms with Crippen molar-refractivity contribution in [1.82, 2.24) is 0 Å². The summed E-state index contributed by atoms with van der Waals surface area (Å²) in [5.41, 5.74) is 0.800. The molecule has 0 spiro atoms. The topological polar surface area (TPSA) is 79.5 Å². The molecule has 1 saturated carbocycles. The summed E-state index contributed by atoms with van der Waals surface area (Å²) in [7, 11) is -3.32. The summed E-state index contributed by atoms with van der Waals surface area (Å²) in [5, 5.41) is 11.4. The summed E-state index contributed by atoms with van der Waals surface area (Å²) in [6.45, 7) is 2.21. The van der Waals surface area contributed by atoms with Gasteiger partial charge in [-0.15, -0.1) is 0 Å². The van der Waals surface area contributed by atoms with Gasteiger partial charge in [0.25, 0.3) is 0 Å². The third kappa shape index (κ3) is 5.83. The number of halogens is 3. The molecule has 1 fully saturated rings. The predicted octanol–water partition coefficient (Wildman–Crippen LogP) is 2.64. The predicted molar refractivity (Wildman–Crippen MR) is 74.9 cm³/mol. The van der Waals surface area contributed by atoms with Gasteiger partial charge in [-0.3, -0.25) is 0 Å². The van der Waals surface area contributed by atoms with E-state index in [2.05, 4.69) is 5.16 Å². The van der Waals surface area contributed by atoms with E-state index in [1.807, 2.05) is 0 Å². The maximum Gasteiger partial charge on any atom is 0.390 e. The minimum absolute atomic E-state index is 0.370. The first-order chi connectivity index (χ1) is 10.3. The Bertz CT molecular complexity index is 494. The lowest BCUT2D eigenvalue weighted by atomic mass is 9.78. The Balaban J connectivity index is 2.77. The van der Waals surface area contributed by atoms with Gasteiger partial charge < -0.3 is 4.84 Å². The fourth-order valence-corrected chi connectivity index (χ4v) is 3.58. The quantitative estimate of drug-likeness (QED) is 0.595. The molecule has 0 saturated heterocycles. The summed E-state index contributed by atoms with van der Waals surface area (Å²) in [4.78, 5) is 4.92. The standard InChI is InChI=1S/C13H19F3N2O3S/c1-2-21-18-10-5-3-9(4-6-10)11(8-17)12(22(19)20)7-13(14,15)16/h9,11-12,22H,2-7H2,1H3. The zero-order valence-electron chi connectivity index (χ0n) is 12.2. The summed E-state index contributed by atoms with van der Waals surface area (Å²) in [6, 6.07) is 1.78. The summed E-state index contributed by atoms with van der Waals surface area (Å²) < 4.78 is 59.9. The monoisotopic (exact) mass is 340 g/mol. The van der Waals surface area contributed by atoms with Crippen molar-refractivity contribution >= 4 is 16.4 Å². The van der Waals surface area contributed by atoms with E-state index < -0.39 is 34.5 Å². The molecule has 0 radical (unpaired) electrons. The third-order valence-electron chi connectivity index (χ3n) is 3.71. The highest BCUT2D eigenvalue weighted by atomic mass is 32.2. The summed E-state index contributed by atoms with van der Waals surface area (Å²) in [6.07, 6.45) is -4.16. The van der Waals surface area contributed by atoms with Gasteiger partial charge in [0, 0.05) is 0 Å². The molecule has 0 aliphatic heterocycles. The molecular formula is C13H19F3N2O3S. The largest absolute Gasteiger partial charge is 0.396 e. The average Bonchev–Trinajstić information content (AvgIpc) is 2.44. The van der Waals surface area contributed by atoms with Crippen molar-refractivity contribution in [1.29, 1.82) is 5.26 Å².